The van der Waals surface area contributed by atoms with Crippen LogP contribution in [0, 0.1) is 11.3 Å². The highest BCUT2D eigenvalue weighted by atomic mass is 16.1. The summed E-state index contributed by atoms with van der Waals surface area (Å²) >= 11 is 0. The Morgan fingerprint density at radius 2 is 2.12 bits per heavy atom. The quantitative estimate of drug-likeness (QED) is 0.801. The summed E-state index contributed by atoms with van der Waals surface area (Å²) in [4.78, 5) is 11.4. The molecule has 3 N–H and O–H groups in total. The molecule has 0 aromatic heterocycles. The van der Waals surface area contributed by atoms with Crippen LogP contribution in [0.25, 0.3) is 0 Å². The Hall–Kier alpha value is -1.86. The fourth-order valence-corrected chi connectivity index (χ4v) is 1.34. The summed E-state index contributed by atoms with van der Waals surface area (Å²) in [6.07, 6.45) is 1.15. The van der Waals surface area contributed by atoms with Crippen molar-refractivity contribution < 1.29 is 4.79 Å². The first kappa shape index (κ1) is 13.2. The highest BCUT2D eigenvalue weighted by Crippen LogP contribution is 2.03. The maximum absolute atomic E-state index is 11.4. The molecule has 1 amide bonds. The van der Waals surface area contributed by atoms with Gasteiger partial charge in [-0.3, -0.25) is 4.79 Å². The van der Waals surface area contributed by atoms with E-state index in [2.05, 4.69) is 11.4 Å². The number of amides is 1. The van der Waals surface area contributed by atoms with Crippen molar-refractivity contribution in [1.82, 2.24) is 5.32 Å². The minimum Gasteiger partial charge on any atom is -0.352 e. The zero-order chi connectivity index (χ0) is 12.7. The van der Waals surface area contributed by atoms with Crippen LogP contribution in [-0.2, 0) is 11.3 Å². The van der Waals surface area contributed by atoms with Crippen molar-refractivity contribution in [1.29, 1.82) is 5.26 Å². The molecule has 4 heteroatoms. The topological polar surface area (TPSA) is 78.9 Å². The van der Waals surface area contributed by atoms with Crippen LogP contribution >= 0.6 is 0 Å². The van der Waals surface area contributed by atoms with Crippen molar-refractivity contribution in [3.63, 3.8) is 0 Å². The van der Waals surface area contributed by atoms with Gasteiger partial charge in [0.25, 0.3) is 0 Å². The Kier molecular flexibility index (Phi) is 5.18. The third-order valence-corrected chi connectivity index (χ3v) is 2.40. The summed E-state index contributed by atoms with van der Waals surface area (Å²) in [6.45, 7) is 2.37. The number of carbonyl (C=O) groups is 1. The Labute approximate surface area is 101 Å². The summed E-state index contributed by atoms with van der Waals surface area (Å²) in [7, 11) is 0. The standard InChI is InChI=1S/C13H17N3O/c1-10(15)2-7-13(17)16-9-12-5-3-11(8-14)4-6-12/h3-6,10H,2,7,9,15H2,1H3,(H,16,17). The van der Waals surface area contributed by atoms with E-state index < -0.39 is 0 Å². The highest BCUT2D eigenvalue weighted by Gasteiger charge is 2.03. The summed E-state index contributed by atoms with van der Waals surface area (Å²) < 4.78 is 0. The summed E-state index contributed by atoms with van der Waals surface area (Å²) in [5.74, 6) is 0.00617. The molecule has 1 rings (SSSR count). The Morgan fingerprint density at radius 1 is 1.47 bits per heavy atom. The lowest BCUT2D eigenvalue weighted by Crippen LogP contribution is -2.25. The van der Waals surface area contributed by atoms with E-state index in [1.54, 1.807) is 12.1 Å². The van der Waals surface area contributed by atoms with Crippen molar-refractivity contribution in [2.24, 2.45) is 5.73 Å². The first-order valence-electron chi connectivity index (χ1n) is 5.63. The molecule has 90 valence electrons. The fraction of sp³-hybridized carbons (Fsp3) is 0.385. The summed E-state index contributed by atoms with van der Waals surface area (Å²) in [5.41, 5.74) is 7.18. The normalized spacial score (nSPS) is 11.6. The summed E-state index contributed by atoms with van der Waals surface area (Å²) in [6, 6.07) is 9.26. The number of nitriles is 1. The van der Waals surface area contributed by atoms with Crippen molar-refractivity contribution in [3.05, 3.63) is 35.4 Å². The Balaban J connectivity index is 2.35. The van der Waals surface area contributed by atoms with Crippen LogP contribution in [0.1, 0.15) is 30.9 Å². The first-order chi connectivity index (χ1) is 8.11. The second-order valence-corrected chi connectivity index (χ2v) is 4.10. The molecule has 4 nitrogen and oxygen atoms in total. The maximum Gasteiger partial charge on any atom is 0.220 e. The molecule has 1 aromatic carbocycles. The van der Waals surface area contributed by atoms with Crippen LogP contribution in [-0.4, -0.2) is 11.9 Å². The van der Waals surface area contributed by atoms with Gasteiger partial charge in [-0.25, -0.2) is 0 Å². The fourth-order valence-electron chi connectivity index (χ4n) is 1.34. The lowest BCUT2D eigenvalue weighted by Gasteiger charge is -2.07. The first-order valence-corrected chi connectivity index (χ1v) is 5.63. The number of hydrogen-bond donors (Lipinski definition) is 2. The van der Waals surface area contributed by atoms with Gasteiger partial charge in [0.2, 0.25) is 5.91 Å². The van der Waals surface area contributed by atoms with Crippen molar-refractivity contribution in [3.8, 4) is 6.07 Å². The molecule has 1 unspecified atom stereocenters. The number of hydrogen-bond acceptors (Lipinski definition) is 3. The zero-order valence-electron chi connectivity index (χ0n) is 9.94. The van der Waals surface area contributed by atoms with Gasteiger partial charge < -0.3 is 11.1 Å². The van der Waals surface area contributed by atoms with Crippen molar-refractivity contribution in [2.45, 2.75) is 32.4 Å². The lowest BCUT2D eigenvalue weighted by atomic mass is 10.1. The minimum absolute atomic E-state index is 0.00617. The molecule has 0 aliphatic heterocycles. The van der Waals surface area contributed by atoms with Crippen molar-refractivity contribution >= 4 is 5.91 Å². The third-order valence-electron chi connectivity index (χ3n) is 2.40. The number of nitrogens with two attached hydrogens (primary N) is 1. The smallest absolute Gasteiger partial charge is 0.220 e. The van der Waals surface area contributed by atoms with Crippen molar-refractivity contribution in [2.75, 3.05) is 0 Å². The molecule has 1 aromatic rings. The van der Waals surface area contributed by atoms with E-state index in [-0.39, 0.29) is 11.9 Å². The van der Waals surface area contributed by atoms with E-state index in [0.29, 0.717) is 24.9 Å². The van der Waals surface area contributed by atoms with Gasteiger partial charge in [0.15, 0.2) is 0 Å². The van der Waals surface area contributed by atoms with E-state index in [4.69, 9.17) is 11.0 Å². The maximum atomic E-state index is 11.4. The number of carbonyl (C=O) groups excluding carboxylic acids is 1. The van der Waals surface area contributed by atoms with Gasteiger partial charge in [0, 0.05) is 19.0 Å². The highest BCUT2D eigenvalue weighted by molar-refractivity contribution is 5.75. The monoisotopic (exact) mass is 231 g/mol. The number of benzene rings is 1. The van der Waals surface area contributed by atoms with E-state index in [9.17, 15) is 4.79 Å². The molecule has 0 heterocycles. The van der Waals surface area contributed by atoms with E-state index >= 15 is 0 Å². The Morgan fingerprint density at radius 3 is 2.65 bits per heavy atom. The van der Waals surface area contributed by atoms with Crippen LogP contribution in [0.4, 0.5) is 0 Å². The van der Waals surface area contributed by atoms with E-state index in [1.807, 2.05) is 19.1 Å². The van der Waals surface area contributed by atoms with Crippen LogP contribution in [0.3, 0.4) is 0 Å². The molecule has 1 atom stereocenters. The predicted molar refractivity (Wildman–Crippen MR) is 65.9 cm³/mol. The van der Waals surface area contributed by atoms with Crippen LogP contribution in [0.2, 0.25) is 0 Å². The average Bonchev–Trinajstić information content (AvgIpc) is 2.34. The van der Waals surface area contributed by atoms with Crippen LogP contribution in [0.5, 0.6) is 0 Å². The van der Waals surface area contributed by atoms with Gasteiger partial charge in [0.1, 0.15) is 0 Å². The SMILES string of the molecule is CC(N)CCC(=O)NCc1ccc(C#N)cc1. The molecule has 0 fully saturated rings. The lowest BCUT2D eigenvalue weighted by molar-refractivity contribution is -0.121. The van der Waals surface area contributed by atoms with Crippen LogP contribution < -0.4 is 11.1 Å². The number of nitrogens with zero attached hydrogens (tertiary/aromatic N) is 1. The third kappa shape index (κ3) is 5.14. The molecule has 0 bridgehead atoms. The second-order valence-electron chi connectivity index (χ2n) is 4.10. The Bertz CT molecular complexity index is 404. The zero-order valence-corrected chi connectivity index (χ0v) is 9.94. The molecule has 0 saturated carbocycles. The molecule has 0 spiro atoms. The van der Waals surface area contributed by atoms with Gasteiger partial charge in [0.05, 0.1) is 11.6 Å². The molecular weight excluding hydrogens is 214 g/mol. The predicted octanol–water partition coefficient (Wildman–Crippen LogP) is 1.30. The number of nitrogens with one attached hydrogen (secondary N) is 1. The van der Waals surface area contributed by atoms with Gasteiger partial charge in [-0.1, -0.05) is 12.1 Å². The average molecular weight is 231 g/mol. The van der Waals surface area contributed by atoms with Gasteiger partial charge in [-0.15, -0.1) is 0 Å². The molecule has 17 heavy (non-hydrogen) atoms. The summed E-state index contributed by atoms with van der Waals surface area (Å²) in [5, 5.41) is 11.5. The molecule has 0 saturated heterocycles. The van der Waals surface area contributed by atoms with Gasteiger partial charge in [-0.2, -0.15) is 5.26 Å². The molecular formula is C13H17N3O. The minimum atomic E-state index is 0.00617. The second kappa shape index (κ2) is 6.66. The van der Waals surface area contributed by atoms with E-state index in [0.717, 1.165) is 5.56 Å². The molecule has 0 radical (unpaired) electrons. The van der Waals surface area contributed by atoms with Gasteiger partial charge in [-0.05, 0) is 31.0 Å². The van der Waals surface area contributed by atoms with E-state index in [1.165, 1.54) is 0 Å². The van der Waals surface area contributed by atoms with Gasteiger partial charge >= 0.3 is 0 Å². The molecule has 0 aliphatic rings. The van der Waals surface area contributed by atoms with Crippen LogP contribution in [0.15, 0.2) is 24.3 Å². The molecule has 0 aliphatic carbocycles. The largest absolute Gasteiger partial charge is 0.352 e. The number of rotatable bonds is 5.